The summed E-state index contributed by atoms with van der Waals surface area (Å²) >= 11 is 1.08. The van der Waals surface area contributed by atoms with Crippen LogP contribution in [0.25, 0.3) is 0 Å². The number of alkyl halides is 2. The summed E-state index contributed by atoms with van der Waals surface area (Å²) in [7, 11) is 1.53. The second-order valence-electron chi connectivity index (χ2n) is 5.37. The number of carbonyl (C=O) groups excluding carboxylic acids is 1. The summed E-state index contributed by atoms with van der Waals surface area (Å²) in [4.78, 5) is 16.4. The number of benzene rings is 1. The Morgan fingerprint density at radius 2 is 2.15 bits per heavy atom. The van der Waals surface area contributed by atoms with Gasteiger partial charge in [-0.1, -0.05) is 30.0 Å². The number of rotatable bonds is 7. The molecule has 0 spiro atoms. The number of nitrogens with zero attached hydrogens (tertiary/aromatic N) is 2. The summed E-state index contributed by atoms with van der Waals surface area (Å²) in [5.74, 6) is -0.515. The summed E-state index contributed by atoms with van der Waals surface area (Å²) in [6.45, 7) is 2.04. The van der Waals surface area contributed by atoms with Crippen molar-refractivity contribution in [3.63, 3.8) is 0 Å². The van der Waals surface area contributed by atoms with Crippen molar-refractivity contribution in [1.82, 2.24) is 4.98 Å². The number of nitrogens with one attached hydrogen (secondary N) is 1. The Morgan fingerprint density at radius 1 is 1.42 bits per heavy atom. The fraction of sp³-hybridized carbons (Fsp3) is 0.278. The number of halogens is 2. The summed E-state index contributed by atoms with van der Waals surface area (Å²) in [6.07, 6.45) is -2.68. The zero-order valence-electron chi connectivity index (χ0n) is 14.3. The van der Waals surface area contributed by atoms with Gasteiger partial charge in [0, 0.05) is 24.1 Å². The van der Waals surface area contributed by atoms with Gasteiger partial charge in [-0.15, -0.1) is 0 Å². The molecule has 0 aliphatic heterocycles. The van der Waals surface area contributed by atoms with Crippen LogP contribution < -0.4 is 5.32 Å². The Labute approximate surface area is 154 Å². The van der Waals surface area contributed by atoms with Crippen molar-refractivity contribution in [3.05, 3.63) is 52.7 Å². The lowest BCUT2D eigenvalue weighted by atomic mass is 10.1. The van der Waals surface area contributed by atoms with E-state index in [1.807, 2.05) is 0 Å². The molecule has 1 aromatic heterocycles. The van der Waals surface area contributed by atoms with Gasteiger partial charge in [-0.25, -0.2) is 13.8 Å². The van der Waals surface area contributed by atoms with Crippen LogP contribution in [-0.2, 0) is 16.1 Å². The molecule has 0 atom stereocenters. The highest BCUT2D eigenvalue weighted by Crippen LogP contribution is 2.28. The van der Waals surface area contributed by atoms with Gasteiger partial charge in [0.1, 0.15) is 11.1 Å². The maximum absolute atomic E-state index is 13.0. The molecule has 26 heavy (non-hydrogen) atoms. The van der Waals surface area contributed by atoms with E-state index < -0.39 is 12.3 Å². The lowest BCUT2D eigenvalue weighted by molar-refractivity contribution is -0.113. The Morgan fingerprint density at radius 3 is 2.81 bits per heavy atom. The zero-order valence-corrected chi connectivity index (χ0v) is 15.1. The summed E-state index contributed by atoms with van der Waals surface area (Å²) in [5, 5.41) is 12.3. The number of amides is 1. The molecule has 0 saturated carbocycles. The molecule has 136 valence electrons. The maximum Gasteiger partial charge on any atom is 0.265 e. The number of aryl methyl sites for hydroxylation is 1. The Kier molecular flexibility index (Phi) is 7.06. The lowest BCUT2D eigenvalue weighted by Crippen LogP contribution is -2.16. The number of ether oxygens (including phenoxy) is 1. The number of pyridine rings is 1. The van der Waals surface area contributed by atoms with E-state index in [4.69, 9.17) is 4.74 Å². The molecule has 5 nitrogen and oxygen atoms in total. The SMILES string of the molecule is COCc1cc(C)nc(SCC(=O)Nc2ccccc2C(F)F)c1C#N. The van der Waals surface area contributed by atoms with E-state index in [1.165, 1.54) is 25.3 Å². The number of aromatic nitrogens is 1. The van der Waals surface area contributed by atoms with E-state index in [2.05, 4.69) is 16.4 Å². The summed E-state index contributed by atoms with van der Waals surface area (Å²) < 4.78 is 31.0. The molecule has 1 heterocycles. The Balaban J connectivity index is 2.12. The third-order valence-electron chi connectivity index (χ3n) is 3.42. The van der Waals surface area contributed by atoms with Gasteiger partial charge in [-0.3, -0.25) is 4.79 Å². The van der Waals surface area contributed by atoms with Crippen LogP contribution in [0.5, 0.6) is 0 Å². The first-order valence-electron chi connectivity index (χ1n) is 7.65. The van der Waals surface area contributed by atoms with Crippen LogP contribution in [-0.4, -0.2) is 23.8 Å². The van der Waals surface area contributed by atoms with Crippen LogP contribution in [0.2, 0.25) is 0 Å². The lowest BCUT2D eigenvalue weighted by Gasteiger charge is -2.11. The molecule has 0 bridgehead atoms. The second kappa shape index (κ2) is 9.27. The van der Waals surface area contributed by atoms with Crippen LogP contribution in [0.15, 0.2) is 35.4 Å². The molecule has 0 aliphatic carbocycles. The van der Waals surface area contributed by atoms with Crippen molar-refractivity contribution in [3.8, 4) is 6.07 Å². The van der Waals surface area contributed by atoms with Crippen molar-refractivity contribution in [2.24, 2.45) is 0 Å². The number of nitriles is 1. The van der Waals surface area contributed by atoms with E-state index in [-0.39, 0.29) is 23.6 Å². The minimum atomic E-state index is -2.68. The molecule has 1 amide bonds. The quantitative estimate of drug-likeness (QED) is 0.736. The van der Waals surface area contributed by atoms with Gasteiger partial charge in [-0.05, 0) is 24.6 Å². The van der Waals surface area contributed by atoms with Gasteiger partial charge in [0.2, 0.25) is 5.91 Å². The number of carbonyl (C=O) groups is 1. The van der Waals surface area contributed by atoms with Gasteiger partial charge in [0.05, 0.1) is 17.9 Å². The van der Waals surface area contributed by atoms with Crippen molar-refractivity contribution >= 4 is 23.4 Å². The first-order chi connectivity index (χ1) is 12.5. The third kappa shape index (κ3) is 5.00. The van der Waals surface area contributed by atoms with Crippen molar-refractivity contribution in [2.75, 3.05) is 18.2 Å². The highest BCUT2D eigenvalue weighted by molar-refractivity contribution is 8.00. The van der Waals surface area contributed by atoms with Crippen LogP contribution in [0, 0.1) is 18.3 Å². The molecular weight excluding hydrogens is 360 g/mol. The molecule has 1 aromatic carbocycles. The highest BCUT2D eigenvalue weighted by atomic mass is 32.2. The highest BCUT2D eigenvalue weighted by Gasteiger charge is 2.16. The minimum absolute atomic E-state index is 0.0604. The predicted octanol–water partition coefficient (Wildman–Crippen LogP) is 4.08. The van der Waals surface area contributed by atoms with Crippen molar-refractivity contribution in [1.29, 1.82) is 5.26 Å². The minimum Gasteiger partial charge on any atom is -0.380 e. The van der Waals surface area contributed by atoms with Crippen molar-refractivity contribution < 1.29 is 18.3 Å². The molecule has 0 fully saturated rings. The van der Waals surface area contributed by atoms with Gasteiger partial charge in [0.15, 0.2) is 0 Å². The van der Waals surface area contributed by atoms with E-state index in [1.54, 1.807) is 19.1 Å². The third-order valence-corrected chi connectivity index (χ3v) is 4.39. The van der Waals surface area contributed by atoms with Crippen LogP contribution in [0.1, 0.15) is 28.8 Å². The number of para-hydroxylation sites is 1. The monoisotopic (exact) mass is 377 g/mol. The second-order valence-corrected chi connectivity index (χ2v) is 6.34. The molecule has 0 radical (unpaired) electrons. The van der Waals surface area contributed by atoms with Crippen LogP contribution in [0.4, 0.5) is 14.5 Å². The predicted molar refractivity (Wildman–Crippen MR) is 95.2 cm³/mol. The molecule has 0 unspecified atom stereocenters. The molecular formula is C18H17F2N3O2S. The molecule has 0 aliphatic rings. The summed E-state index contributed by atoms with van der Waals surface area (Å²) in [6, 6.07) is 9.58. The number of hydrogen-bond donors (Lipinski definition) is 1. The maximum atomic E-state index is 13.0. The smallest absolute Gasteiger partial charge is 0.265 e. The normalized spacial score (nSPS) is 10.6. The number of thioether (sulfide) groups is 1. The van der Waals surface area contributed by atoms with Gasteiger partial charge in [0.25, 0.3) is 6.43 Å². The Hall–Kier alpha value is -2.50. The Bertz CT molecular complexity index is 838. The average molecular weight is 377 g/mol. The fourth-order valence-electron chi connectivity index (χ4n) is 2.32. The van der Waals surface area contributed by atoms with E-state index in [9.17, 15) is 18.8 Å². The summed E-state index contributed by atoms with van der Waals surface area (Å²) in [5.41, 5.74) is 1.57. The zero-order chi connectivity index (χ0) is 19.1. The van der Waals surface area contributed by atoms with Gasteiger partial charge >= 0.3 is 0 Å². The first kappa shape index (κ1) is 19.8. The molecule has 1 N–H and O–H groups in total. The number of hydrogen-bond acceptors (Lipinski definition) is 5. The fourth-order valence-corrected chi connectivity index (χ4v) is 3.19. The van der Waals surface area contributed by atoms with Crippen molar-refractivity contribution in [2.45, 2.75) is 25.0 Å². The largest absolute Gasteiger partial charge is 0.380 e. The van der Waals surface area contributed by atoms with E-state index in [0.29, 0.717) is 21.8 Å². The van der Waals surface area contributed by atoms with Crippen LogP contribution >= 0.6 is 11.8 Å². The molecule has 2 aromatic rings. The number of methoxy groups -OCH3 is 1. The van der Waals surface area contributed by atoms with E-state index >= 15 is 0 Å². The molecule has 2 rings (SSSR count). The molecule has 8 heteroatoms. The van der Waals surface area contributed by atoms with Crippen LogP contribution in [0.3, 0.4) is 0 Å². The van der Waals surface area contributed by atoms with Gasteiger partial charge < -0.3 is 10.1 Å². The number of anilines is 1. The average Bonchev–Trinajstić information content (AvgIpc) is 2.60. The topological polar surface area (TPSA) is 75.0 Å². The van der Waals surface area contributed by atoms with Gasteiger partial charge in [-0.2, -0.15) is 5.26 Å². The first-order valence-corrected chi connectivity index (χ1v) is 8.64. The van der Waals surface area contributed by atoms with E-state index in [0.717, 1.165) is 11.8 Å². The molecule has 0 saturated heterocycles. The standard InChI is InChI=1S/C18H17F2N3O2S/c1-11-7-12(9-25-2)14(8-21)18(22-11)26-10-16(24)23-15-6-4-3-5-13(15)17(19)20/h3-7,17H,9-10H2,1-2H3,(H,23,24).